The van der Waals surface area contributed by atoms with Gasteiger partial charge in [0.05, 0.1) is 28.3 Å². The summed E-state index contributed by atoms with van der Waals surface area (Å²) >= 11 is 6.16. The van der Waals surface area contributed by atoms with Gasteiger partial charge in [-0.3, -0.25) is 4.31 Å². The molecule has 0 bridgehead atoms. The predicted molar refractivity (Wildman–Crippen MR) is 120 cm³/mol. The van der Waals surface area contributed by atoms with Crippen LogP contribution in [0.4, 0.5) is 5.69 Å². The van der Waals surface area contributed by atoms with Crippen molar-refractivity contribution < 1.29 is 27.5 Å². The molecular weight excluding hydrogens is 454 g/mol. The van der Waals surface area contributed by atoms with Crippen LogP contribution >= 0.6 is 11.6 Å². The number of benzene rings is 3. The number of para-hydroxylation sites is 1. The topological polar surface area (TPSA) is 90.0 Å². The van der Waals surface area contributed by atoms with Gasteiger partial charge in [0.15, 0.2) is 0 Å². The molecule has 0 fully saturated rings. The summed E-state index contributed by atoms with van der Waals surface area (Å²) in [6.07, 6.45) is -1.34. The molecule has 0 saturated carbocycles. The lowest BCUT2D eigenvalue weighted by atomic mass is 10.1. The van der Waals surface area contributed by atoms with Gasteiger partial charge in [0, 0.05) is 12.6 Å². The highest BCUT2D eigenvalue weighted by Gasteiger charge is 2.29. The maximum atomic E-state index is 13.1. The third-order valence-corrected chi connectivity index (χ3v) is 6.79. The standard InChI is InChI=1S/C23H20ClNO6S/c1-25(17-11-7-4-8-12-17)32(28,29)18-13-14-20(24)19(15-18)22(26)31-21(23(27)30-2)16-9-5-3-6-10-16/h3-15,21H,1-2H3. The van der Waals surface area contributed by atoms with E-state index in [1.807, 2.05) is 0 Å². The van der Waals surface area contributed by atoms with Crippen LogP contribution in [0.2, 0.25) is 5.02 Å². The summed E-state index contributed by atoms with van der Waals surface area (Å²) in [5.74, 6) is -1.75. The summed E-state index contributed by atoms with van der Waals surface area (Å²) in [5, 5.41) is -0.0204. The highest BCUT2D eigenvalue weighted by atomic mass is 35.5. The van der Waals surface area contributed by atoms with Gasteiger partial charge < -0.3 is 9.47 Å². The molecule has 0 aliphatic heterocycles. The van der Waals surface area contributed by atoms with Crippen molar-refractivity contribution in [2.24, 2.45) is 0 Å². The van der Waals surface area contributed by atoms with Crippen LogP contribution in [-0.4, -0.2) is 34.5 Å². The molecule has 166 valence electrons. The second-order valence-electron chi connectivity index (χ2n) is 6.67. The van der Waals surface area contributed by atoms with Crippen molar-refractivity contribution in [3.05, 3.63) is 95.0 Å². The first-order chi connectivity index (χ1) is 15.3. The lowest BCUT2D eigenvalue weighted by Crippen LogP contribution is -2.27. The maximum absolute atomic E-state index is 13.1. The van der Waals surface area contributed by atoms with E-state index in [1.165, 1.54) is 26.3 Å². The number of carbonyl (C=O) groups excluding carboxylic acids is 2. The van der Waals surface area contributed by atoms with Crippen molar-refractivity contribution in [3.8, 4) is 0 Å². The molecule has 0 spiro atoms. The van der Waals surface area contributed by atoms with Crippen LogP contribution < -0.4 is 4.31 Å². The zero-order valence-electron chi connectivity index (χ0n) is 17.3. The smallest absolute Gasteiger partial charge is 0.351 e. The summed E-state index contributed by atoms with van der Waals surface area (Å²) in [4.78, 5) is 24.9. The van der Waals surface area contributed by atoms with Crippen LogP contribution in [-0.2, 0) is 24.3 Å². The second-order valence-corrected chi connectivity index (χ2v) is 9.05. The number of hydrogen-bond donors (Lipinski definition) is 0. The zero-order valence-corrected chi connectivity index (χ0v) is 18.8. The molecule has 0 saturated heterocycles. The first-order valence-electron chi connectivity index (χ1n) is 9.43. The summed E-state index contributed by atoms with van der Waals surface area (Å²) in [7, 11) is -1.42. The Morgan fingerprint density at radius 1 is 0.938 bits per heavy atom. The second kappa shape index (κ2) is 9.84. The lowest BCUT2D eigenvalue weighted by molar-refractivity contribution is -0.151. The number of halogens is 1. The molecule has 0 aliphatic carbocycles. The monoisotopic (exact) mass is 473 g/mol. The molecule has 1 unspecified atom stereocenters. The van der Waals surface area contributed by atoms with E-state index in [2.05, 4.69) is 0 Å². The first-order valence-corrected chi connectivity index (χ1v) is 11.2. The fraction of sp³-hybridized carbons (Fsp3) is 0.130. The molecule has 32 heavy (non-hydrogen) atoms. The molecule has 3 rings (SSSR count). The van der Waals surface area contributed by atoms with Crippen LogP contribution in [0.1, 0.15) is 22.0 Å². The van der Waals surface area contributed by atoms with E-state index in [0.717, 1.165) is 10.4 Å². The minimum absolute atomic E-state index is 0.0204. The summed E-state index contributed by atoms with van der Waals surface area (Å²) in [6.45, 7) is 0. The normalized spacial score (nSPS) is 12.0. The van der Waals surface area contributed by atoms with Gasteiger partial charge >= 0.3 is 11.9 Å². The largest absolute Gasteiger partial charge is 0.466 e. The van der Waals surface area contributed by atoms with E-state index < -0.39 is 28.1 Å². The van der Waals surface area contributed by atoms with E-state index in [0.29, 0.717) is 11.3 Å². The van der Waals surface area contributed by atoms with Gasteiger partial charge in [0.1, 0.15) is 0 Å². The summed E-state index contributed by atoms with van der Waals surface area (Å²) < 4.78 is 37.3. The van der Waals surface area contributed by atoms with Crippen LogP contribution in [0.3, 0.4) is 0 Å². The average molecular weight is 474 g/mol. The average Bonchev–Trinajstić information content (AvgIpc) is 2.82. The number of esters is 2. The first kappa shape index (κ1) is 23.3. The Morgan fingerprint density at radius 2 is 1.53 bits per heavy atom. The Morgan fingerprint density at radius 3 is 2.12 bits per heavy atom. The summed E-state index contributed by atoms with van der Waals surface area (Å²) in [6, 6.07) is 20.5. The van der Waals surface area contributed by atoms with E-state index in [1.54, 1.807) is 60.7 Å². The number of hydrogen-bond acceptors (Lipinski definition) is 6. The Bertz CT molecular complexity index is 1220. The highest BCUT2D eigenvalue weighted by Crippen LogP contribution is 2.28. The van der Waals surface area contributed by atoms with E-state index in [4.69, 9.17) is 21.1 Å². The van der Waals surface area contributed by atoms with Crippen molar-refractivity contribution >= 4 is 39.3 Å². The number of rotatable bonds is 7. The molecule has 0 aromatic heterocycles. The van der Waals surface area contributed by atoms with Crippen molar-refractivity contribution in [3.63, 3.8) is 0 Å². The third-order valence-electron chi connectivity index (χ3n) is 4.68. The third kappa shape index (κ3) is 4.92. The summed E-state index contributed by atoms with van der Waals surface area (Å²) in [5.41, 5.74) is 0.650. The lowest BCUT2D eigenvalue weighted by Gasteiger charge is -2.20. The van der Waals surface area contributed by atoms with Crippen LogP contribution in [0.25, 0.3) is 0 Å². The Labute approximate surface area is 191 Å². The van der Waals surface area contributed by atoms with Gasteiger partial charge in [-0.05, 0) is 30.3 Å². The number of methoxy groups -OCH3 is 1. The molecule has 1 atom stereocenters. The van der Waals surface area contributed by atoms with Gasteiger partial charge in [-0.1, -0.05) is 60.1 Å². The van der Waals surface area contributed by atoms with Crippen molar-refractivity contribution in [1.82, 2.24) is 0 Å². The molecule has 9 heteroatoms. The van der Waals surface area contributed by atoms with Crippen LogP contribution in [0.5, 0.6) is 0 Å². The number of carbonyl (C=O) groups is 2. The fourth-order valence-electron chi connectivity index (χ4n) is 2.91. The zero-order chi connectivity index (χ0) is 23.3. The Balaban J connectivity index is 1.94. The van der Waals surface area contributed by atoms with Gasteiger partial charge in [0.2, 0.25) is 6.10 Å². The van der Waals surface area contributed by atoms with E-state index in [9.17, 15) is 18.0 Å². The fourth-order valence-corrected chi connectivity index (χ4v) is 4.33. The predicted octanol–water partition coefficient (Wildman–Crippen LogP) is 4.24. The van der Waals surface area contributed by atoms with Gasteiger partial charge in [-0.15, -0.1) is 0 Å². The van der Waals surface area contributed by atoms with Gasteiger partial charge in [-0.25, -0.2) is 18.0 Å². The SMILES string of the molecule is COC(=O)C(OC(=O)c1cc(S(=O)(=O)N(C)c2ccccc2)ccc1Cl)c1ccccc1. The van der Waals surface area contributed by atoms with E-state index >= 15 is 0 Å². The molecule has 0 N–H and O–H groups in total. The highest BCUT2D eigenvalue weighted by molar-refractivity contribution is 7.92. The molecule has 0 aliphatic rings. The van der Waals surface area contributed by atoms with Gasteiger partial charge in [-0.2, -0.15) is 0 Å². The number of ether oxygens (including phenoxy) is 2. The Kier molecular flexibility index (Phi) is 7.17. The maximum Gasteiger partial charge on any atom is 0.351 e. The number of sulfonamides is 1. The minimum atomic E-state index is -3.99. The number of anilines is 1. The van der Waals surface area contributed by atoms with Crippen molar-refractivity contribution in [2.45, 2.75) is 11.0 Å². The molecule has 0 heterocycles. The molecule has 7 nitrogen and oxygen atoms in total. The molecular formula is C23H20ClNO6S. The van der Waals surface area contributed by atoms with Crippen molar-refractivity contribution in [1.29, 1.82) is 0 Å². The van der Waals surface area contributed by atoms with E-state index in [-0.39, 0.29) is 15.5 Å². The minimum Gasteiger partial charge on any atom is -0.466 e. The van der Waals surface area contributed by atoms with Crippen molar-refractivity contribution in [2.75, 3.05) is 18.5 Å². The number of nitrogens with zero attached hydrogens (tertiary/aromatic N) is 1. The Hall–Kier alpha value is -3.36. The van der Waals surface area contributed by atoms with Gasteiger partial charge in [0.25, 0.3) is 10.0 Å². The van der Waals surface area contributed by atoms with Crippen LogP contribution in [0.15, 0.2) is 83.8 Å². The molecule has 0 radical (unpaired) electrons. The molecule has 3 aromatic carbocycles. The quantitative estimate of drug-likeness (QED) is 0.477. The molecule has 3 aromatic rings. The molecule has 0 amide bonds. The van der Waals surface area contributed by atoms with Crippen LogP contribution in [0, 0.1) is 0 Å².